The fourth-order valence-electron chi connectivity index (χ4n) is 3.46. The van der Waals surface area contributed by atoms with Gasteiger partial charge in [-0.2, -0.15) is 0 Å². The molecule has 5 heteroatoms. The molecule has 26 heavy (non-hydrogen) atoms. The van der Waals surface area contributed by atoms with Crippen molar-refractivity contribution in [2.45, 2.75) is 18.9 Å². The maximum absolute atomic E-state index is 11.3. The first-order valence-corrected chi connectivity index (χ1v) is 9.12. The monoisotopic (exact) mass is 366 g/mol. The van der Waals surface area contributed by atoms with Gasteiger partial charge in [-0.3, -0.25) is 4.79 Å². The highest BCUT2D eigenvalue weighted by Crippen LogP contribution is 2.29. The van der Waals surface area contributed by atoms with Crippen LogP contribution in [0.2, 0.25) is 5.02 Å². The maximum Gasteiger partial charge on any atom is 0.150 e. The Morgan fingerprint density at radius 3 is 2.54 bits per heavy atom. The SMILES string of the molecule is O=Cc1cccc2c(N3CCC(Oc4ccc(Cl)cc4)CC3)nccc12. The molecule has 1 saturated heterocycles. The minimum atomic E-state index is 0.188. The van der Waals surface area contributed by atoms with E-state index < -0.39 is 0 Å². The zero-order valence-corrected chi connectivity index (χ0v) is 15.0. The number of hydrogen-bond donors (Lipinski definition) is 0. The number of anilines is 1. The molecule has 0 N–H and O–H groups in total. The molecule has 0 unspecified atom stereocenters. The Kier molecular flexibility index (Phi) is 4.76. The molecule has 4 nitrogen and oxygen atoms in total. The van der Waals surface area contributed by atoms with Crippen molar-refractivity contribution in [2.24, 2.45) is 0 Å². The van der Waals surface area contributed by atoms with Gasteiger partial charge in [-0.05, 0) is 35.7 Å². The average molecular weight is 367 g/mol. The van der Waals surface area contributed by atoms with Crippen LogP contribution in [-0.4, -0.2) is 30.5 Å². The van der Waals surface area contributed by atoms with E-state index >= 15 is 0 Å². The average Bonchev–Trinajstić information content (AvgIpc) is 2.69. The third-order valence-electron chi connectivity index (χ3n) is 4.80. The molecule has 0 atom stereocenters. The number of nitrogens with zero attached hydrogens (tertiary/aromatic N) is 2. The number of halogens is 1. The van der Waals surface area contributed by atoms with Crippen LogP contribution in [0.25, 0.3) is 10.8 Å². The number of fused-ring (bicyclic) bond motifs is 1. The second-order valence-corrected chi connectivity index (χ2v) is 6.89. The van der Waals surface area contributed by atoms with Crippen molar-refractivity contribution in [1.82, 2.24) is 4.98 Å². The van der Waals surface area contributed by atoms with E-state index in [0.29, 0.717) is 10.6 Å². The number of carbonyl (C=O) groups excluding carboxylic acids is 1. The number of pyridine rings is 1. The van der Waals surface area contributed by atoms with Crippen LogP contribution in [0.4, 0.5) is 5.82 Å². The van der Waals surface area contributed by atoms with Crippen molar-refractivity contribution in [2.75, 3.05) is 18.0 Å². The molecule has 2 heterocycles. The highest BCUT2D eigenvalue weighted by molar-refractivity contribution is 6.30. The number of benzene rings is 2. The summed E-state index contributed by atoms with van der Waals surface area (Å²) >= 11 is 5.92. The molecule has 1 aromatic heterocycles. The standard InChI is InChI=1S/C21H19ClN2O2/c22-16-4-6-17(7-5-16)26-18-9-12-24(13-10-18)21-20-3-1-2-15(14-25)19(20)8-11-23-21/h1-8,11,14,18H,9-10,12-13H2. The molecule has 0 amide bonds. The van der Waals surface area contributed by atoms with E-state index in [0.717, 1.165) is 54.6 Å². The van der Waals surface area contributed by atoms with Crippen molar-refractivity contribution in [3.8, 4) is 5.75 Å². The molecule has 1 aliphatic heterocycles. The highest BCUT2D eigenvalue weighted by atomic mass is 35.5. The molecule has 3 aromatic rings. The first-order chi connectivity index (χ1) is 12.7. The summed E-state index contributed by atoms with van der Waals surface area (Å²) < 4.78 is 6.07. The van der Waals surface area contributed by atoms with Gasteiger partial charge in [-0.25, -0.2) is 4.98 Å². The van der Waals surface area contributed by atoms with Gasteiger partial charge in [0.2, 0.25) is 0 Å². The van der Waals surface area contributed by atoms with Crippen molar-refractivity contribution < 1.29 is 9.53 Å². The Balaban J connectivity index is 1.49. The first-order valence-electron chi connectivity index (χ1n) is 8.74. The van der Waals surface area contributed by atoms with Crippen molar-refractivity contribution in [3.05, 3.63) is 65.3 Å². The smallest absolute Gasteiger partial charge is 0.150 e. The molecule has 1 aliphatic rings. The van der Waals surface area contributed by atoms with Crippen LogP contribution in [0.5, 0.6) is 5.75 Å². The molecule has 132 valence electrons. The van der Waals surface area contributed by atoms with Crippen LogP contribution in [0.1, 0.15) is 23.2 Å². The van der Waals surface area contributed by atoms with Gasteiger partial charge in [0.25, 0.3) is 0 Å². The lowest BCUT2D eigenvalue weighted by Crippen LogP contribution is -2.38. The van der Waals surface area contributed by atoms with Gasteiger partial charge in [-0.15, -0.1) is 0 Å². The maximum atomic E-state index is 11.3. The predicted molar refractivity (Wildman–Crippen MR) is 104 cm³/mol. The fourth-order valence-corrected chi connectivity index (χ4v) is 3.59. The number of aldehydes is 1. The van der Waals surface area contributed by atoms with Crippen LogP contribution in [0.3, 0.4) is 0 Å². The fraction of sp³-hybridized carbons (Fsp3) is 0.238. The lowest BCUT2D eigenvalue weighted by Gasteiger charge is -2.33. The Morgan fingerprint density at radius 1 is 1.04 bits per heavy atom. The summed E-state index contributed by atoms with van der Waals surface area (Å²) in [6, 6.07) is 15.2. The second-order valence-electron chi connectivity index (χ2n) is 6.45. The number of hydrogen-bond acceptors (Lipinski definition) is 4. The zero-order chi connectivity index (χ0) is 17.9. The number of aromatic nitrogens is 1. The molecular formula is C21H19ClN2O2. The van der Waals surface area contributed by atoms with E-state index in [1.807, 2.05) is 48.5 Å². The quantitative estimate of drug-likeness (QED) is 0.625. The van der Waals surface area contributed by atoms with Gasteiger partial charge in [0.15, 0.2) is 6.29 Å². The molecule has 0 radical (unpaired) electrons. The molecule has 0 spiro atoms. The van der Waals surface area contributed by atoms with E-state index in [1.54, 1.807) is 6.20 Å². The van der Waals surface area contributed by atoms with Crippen LogP contribution in [0.15, 0.2) is 54.7 Å². The Labute approximate surface area is 157 Å². The van der Waals surface area contributed by atoms with E-state index in [4.69, 9.17) is 16.3 Å². The zero-order valence-electron chi connectivity index (χ0n) is 14.3. The van der Waals surface area contributed by atoms with Crippen LogP contribution >= 0.6 is 11.6 Å². The van der Waals surface area contributed by atoms with Crippen molar-refractivity contribution in [1.29, 1.82) is 0 Å². The van der Waals surface area contributed by atoms with E-state index in [-0.39, 0.29) is 6.10 Å². The summed E-state index contributed by atoms with van der Waals surface area (Å²) in [5, 5.41) is 2.69. The molecule has 2 aromatic carbocycles. The number of carbonyl (C=O) groups is 1. The van der Waals surface area contributed by atoms with Gasteiger partial charge in [0.1, 0.15) is 17.7 Å². The summed E-state index contributed by atoms with van der Waals surface area (Å²) in [5.74, 6) is 1.79. The predicted octanol–water partition coefficient (Wildman–Crippen LogP) is 4.75. The summed E-state index contributed by atoms with van der Waals surface area (Å²) in [7, 11) is 0. The Morgan fingerprint density at radius 2 is 1.81 bits per heavy atom. The number of rotatable bonds is 4. The summed E-state index contributed by atoms with van der Waals surface area (Å²) in [5.41, 5.74) is 0.701. The van der Waals surface area contributed by atoms with Crippen LogP contribution in [-0.2, 0) is 0 Å². The van der Waals surface area contributed by atoms with Crippen molar-refractivity contribution in [3.63, 3.8) is 0 Å². The second kappa shape index (κ2) is 7.34. The molecule has 0 aliphatic carbocycles. The molecular weight excluding hydrogens is 348 g/mol. The van der Waals surface area contributed by atoms with Gasteiger partial charge in [0.05, 0.1) is 0 Å². The lowest BCUT2D eigenvalue weighted by molar-refractivity contribution is 0.112. The first kappa shape index (κ1) is 16.9. The minimum Gasteiger partial charge on any atom is -0.490 e. The molecule has 4 rings (SSSR count). The highest BCUT2D eigenvalue weighted by Gasteiger charge is 2.23. The third-order valence-corrected chi connectivity index (χ3v) is 5.06. The minimum absolute atomic E-state index is 0.188. The lowest BCUT2D eigenvalue weighted by atomic mass is 10.0. The molecule has 0 bridgehead atoms. The normalized spacial score (nSPS) is 15.2. The van der Waals surface area contributed by atoms with Gasteiger partial charge >= 0.3 is 0 Å². The van der Waals surface area contributed by atoms with Gasteiger partial charge < -0.3 is 9.64 Å². The van der Waals surface area contributed by atoms with E-state index in [9.17, 15) is 4.79 Å². The largest absolute Gasteiger partial charge is 0.490 e. The van der Waals surface area contributed by atoms with Crippen LogP contribution in [0, 0.1) is 0 Å². The third kappa shape index (κ3) is 3.37. The summed E-state index contributed by atoms with van der Waals surface area (Å²) in [6.45, 7) is 1.74. The summed E-state index contributed by atoms with van der Waals surface area (Å²) in [6.07, 6.45) is 4.72. The summed E-state index contributed by atoms with van der Waals surface area (Å²) in [4.78, 5) is 18.1. The molecule has 1 fully saturated rings. The van der Waals surface area contributed by atoms with E-state index in [1.165, 1.54) is 0 Å². The van der Waals surface area contributed by atoms with Crippen molar-refractivity contribution >= 4 is 34.5 Å². The van der Waals surface area contributed by atoms with Crippen LogP contribution < -0.4 is 9.64 Å². The molecule has 0 saturated carbocycles. The number of piperidine rings is 1. The van der Waals surface area contributed by atoms with Gasteiger partial charge in [0, 0.05) is 48.1 Å². The van der Waals surface area contributed by atoms with E-state index in [2.05, 4.69) is 9.88 Å². The number of ether oxygens (including phenoxy) is 1. The van der Waals surface area contributed by atoms with Gasteiger partial charge in [-0.1, -0.05) is 29.8 Å². The Hall–Kier alpha value is -2.59. The Bertz CT molecular complexity index is 919. The topological polar surface area (TPSA) is 42.4 Å².